The third-order valence-corrected chi connectivity index (χ3v) is 4.33. The van der Waals surface area contributed by atoms with Gasteiger partial charge in [-0.15, -0.1) is 0 Å². The van der Waals surface area contributed by atoms with E-state index in [1.54, 1.807) is 0 Å². The Morgan fingerprint density at radius 2 is 1.89 bits per heavy atom. The van der Waals surface area contributed by atoms with Crippen molar-refractivity contribution in [2.75, 3.05) is 0 Å². The molecule has 1 aromatic heterocycles. The predicted octanol–water partition coefficient (Wildman–Crippen LogP) is 1.79. The molecule has 0 spiro atoms. The molecule has 0 saturated carbocycles. The molecule has 18 heavy (non-hydrogen) atoms. The molecular weight excluding hydrogens is 250 g/mol. The van der Waals surface area contributed by atoms with E-state index in [1.165, 1.54) is 6.92 Å². The average molecular weight is 266 g/mol. The van der Waals surface area contributed by atoms with Crippen molar-refractivity contribution >= 4 is 21.0 Å². The second kappa shape index (κ2) is 5.04. The Labute approximate surface area is 107 Å². The van der Waals surface area contributed by atoms with Crippen LogP contribution >= 0.6 is 0 Å². The number of benzene rings is 1. The van der Waals surface area contributed by atoms with Crippen LogP contribution in [0, 0.1) is 0 Å². The van der Waals surface area contributed by atoms with Gasteiger partial charge in [0, 0.05) is 23.9 Å². The van der Waals surface area contributed by atoms with Crippen LogP contribution in [0.25, 0.3) is 10.9 Å². The van der Waals surface area contributed by atoms with E-state index in [-0.39, 0.29) is 0 Å². The molecule has 4 nitrogen and oxygen atoms in total. The van der Waals surface area contributed by atoms with Crippen molar-refractivity contribution in [3.8, 4) is 0 Å². The van der Waals surface area contributed by atoms with Crippen molar-refractivity contribution in [1.29, 1.82) is 0 Å². The van der Waals surface area contributed by atoms with Crippen LogP contribution in [0.1, 0.15) is 13.3 Å². The molecular formula is C13H16NO3S+. The summed E-state index contributed by atoms with van der Waals surface area (Å²) in [4.78, 5) is 0. The highest BCUT2D eigenvalue weighted by Crippen LogP contribution is 2.09. The summed E-state index contributed by atoms with van der Waals surface area (Å²) in [6, 6.07) is 11.9. The largest absolute Gasteiger partial charge is 0.285 e. The minimum atomic E-state index is -3.94. The van der Waals surface area contributed by atoms with Crippen molar-refractivity contribution < 1.29 is 17.5 Å². The molecule has 1 aromatic carbocycles. The predicted molar refractivity (Wildman–Crippen MR) is 69.8 cm³/mol. The summed E-state index contributed by atoms with van der Waals surface area (Å²) >= 11 is 0. The summed E-state index contributed by atoms with van der Waals surface area (Å²) in [5, 5.41) is 0.364. The molecule has 0 aliphatic rings. The first kappa shape index (κ1) is 13.0. The minimum absolute atomic E-state index is 0.386. The number of aromatic nitrogens is 1. The van der Waals surface area contributed by atoms with Crippen LogP contribution in [0.2, 0.25) is 0 Å². The van der Waals surface area contributed by atoms with Gasteiger partial charge in [0.2, 0.25) is 5.52 Å². The van der Waals surface area contributed by atoms with Crippen molar-refractivity contribution in [1.82, 2.24) is 0 Å². The van der Waals surface area contributed by atoms with Crippen molar-refractivity contribution in [3.63, 3.8) is 0 Å². The second-order valence-electron chi connectivity index (χ2n) is 4.37. The van der Waals surface area contributed by atoms with Crippen LogP contribution in [0.15, 0.2) is 42.6 Å². The zero-order valence-corrected chi connectivity index (χ0v) is 11.0. The van der Waals surface area contributed by atoms with Gasteiger partial charge in [-0.05, 0) is 19.1 Å². The maximum Gasteiger partial charge on any atom is 0.267 e. The Bertz CT molecular complexity index is 647. The highest BCUT2D eigenvalue weighted by Gasteiger charge is 2.19. The summed E-state index contributed by atoms with van der Waals surface area (Å²) in [6.07, 6.45) is 2.30. The van der Waals surface area contributed by atoms with Gasteiger partial charge in [-0.3, -0.25) is 4.55 Å². The third kappa shape index (κ3) is 2.86. The SMILES string of the molecule is CC(CC[n+]1cccc2ccccc21)S(=O)(=O)O. The molecule has 0 amide bonds. The highest BCUT2D eigenvalue weighted by molar-refractivity contribution is 7.86. The Kier molecular flexibility index (Phi) is 3.63. The zero-order chi connectivity index (χ0) is 13.2. The molecule has 0 fully saturated rings. The second-order valence-corrected chi connectivity index (χ2v) is 6.21. The first-order valence-electron chi connectivity index (χ1n) is 5.82. The first-order chi connectivity index (χ1) is 8.48. The normalized spacial score (nSPS) is 13.7. The molecule has 2 rings (SSSR count). The molecule has 0 aliphatic heterocycles. The lowest BCUT2D eigenvalue weighted by Crippen LogP contribution is -2.36. The lowest BCUT2D eigenvalue weighted by molar-refractivity contribution is -0.671. The van der Waals surface area contributed by atoms with E-state index in [2.05, 4.69) is 0 Å². The van der Waals surface area contributed by atoms with Crippen LogP contribution in [0.4, 0.5) is 0 Å². The van der Waals surface area contributed by atoms with Crippen molar-refractivity contribution in [2.24, 2.45) is 0 Å². The number of pyridine rings is 1. The van der Waals surface area contributed by atoms with Gasteiger partial charge in [0.15, 0.2) is 6.20 Å². The molecule has 1 atom stereocenters. The van der Waals surface area contributed by atoms with E-state index in [1.807, 2.05) is 47.2 Å². The molecule has 96 valence electrons. The molecule has 0 radical (unpaired) electrons. The summed E-state index contributed by atoms with van der Waals surface area (Å²) in [6.45, 7) is 2.07. The van der Waals surface area contributed by atoms with E-state index in [9.17, 15) is 8.42 Å². The Morgan fingerprint density at radius 1 is 1.22 bits per heavy atom. The monoisotopic (exact) mass is 266 g/mol. The molecule has 2 aromatic rings. The average Bonchev–Trinajstić information content (AvgIpc) is 2.34. The van der Waals surface area contributed by atoms with E-state index < -0.39 is 15.4 Å². The van der Waals surface area contributed by atoms with Crippen LogP contribution in [0.5, 0.6) is 0 Å². The quantitative estimate of drug-likeness (QED) is 0.678. The minimum Gasteiger partial charge on any atom is -0.285 e. The standard InChI is InChI=1S/C13H15NO3S/c1-11(18(15,16)17)8-10-14-9-4-6-12-5-2-3-7-13(12)14/h2-7,9,11H,8,10H2,1H3/p+1. The van der Waals surface area contributed by atoms with Gasteiger partial charge in [-0.2, -0.15) is 13.0 Å². The van der Waals surface area contributed by atoms with Crippen LogP contribution in [-0.4, -0.2) is 18.2 Å². The van der Waals surface area contributed by atoms with Gasteiger partial charge < -0.3 is 0 Å². The maximum absolute atomic E-state index is 11.0. The maximum atomic E-state index is 11.0. The Morgan fingerprint density at radius 3 is 2.61 bits per heavy atom. The molecule has 0 bridgehead atoms. The number of aryl methyl sites for hydroxylation is 1. The van der Waals surface area contributed by atoms with Gasteiger partial charge in [0.05, 0.1) is 5.25 Å². The van der Waals surface area contributed by atoms with Gasteiger partial charge in [-0.25, -0.2) is 0 Å². The third-order valence-electron chi connectivity index (χ3n) is 3.07. The van der Waals surface area contributed by atoms with Gasteiger partial charge in [0.25, 0.3) is 10.1 Å². The number of hydrogen-bond acceptors (Lipinski definition) is 2. The number of hydrogen-bond donors (Lipinski definition) is 1. The number of para-hydroxylation sites is 1. The molecule has 1 N–H and O–H groups in total. The lowest BCUT2D eigenvalue weighted by Gasteiger charge is -2.06. The first-order valence-corrected chi connectivity index (χ1v) is 7.32. The summed E-state index contributed by atoms with van der Waals surface area (Å²) in [5.41, 5.74) is 1.06. The van der Waals surface area contributed by atoms with Crippen LogP contribution < -0.4 is 4.57 Å². The fraction of sp³-hybridized carbons (Fsp3) is 0.308. The molecule has 0 aliphatic carbocycles. The number of fused-ring (bicyclic) bond motifs is 1. The van der Waals surface area contributed by atoms with Gasteiger partial charge in [0.1, 0.15) is 6.54 Å². The molecule has 5 heteroatoms. The number of nitrogens with zero attached hydrogens (tertiary/aromatic N) is 1. The van der Waals surface area contributed by atoms with Gasteiger partial charge >= 0.3 is 0 Å². The Hall–Kier alpha value is -1.46. The topological polar surface area (TPSA) is 58.2 Å². The van der Waals surface area contributed by atoms with Crippen LogP contribution in [-0.2, 0) is 16.7 Å². The summed E-state index contributed by atoms with van der Waals surface area (Å²) in [5.74, 6) is 0. The molecule has 1 heterocycles. The smallest absolute Gasteiger partial charge is 0.267 e. The lowest BCUT2D eigenvalue weighted by atomic mass is 10.2. The van der Waals surface area contributed by atoms with Crippen LogP contribution in [0.3, 0.4) is 0 Å². The van der Waals surface area contributed by atoms with E-state index in [0.29, 0.717) is 13.0 Å². The Balaban J connectivity index is 2.23. The van der Waals surface area contributed by atoms with E-state index in [4.69, 9.17) is 4.55 Å². The molecule has 0 saturated heterocycles. The highest BCUT2D eigenvalue weighted by atomic mass is 32.2. The summed E-state index contributed by atoms with van der Waals surface area (Å²) < 4.78 is 32.9. The fourth-order valence-electron chi connectivity index (χ4n) is 1.89. The summed E-state index contributed by atoms with van der Waals surface area (Å²) in [7, 11) is -3.94. The van der Waals surface area contributed by atoms with E-state index >= 15 is 0 Å². The van der Waals surface area contributed by atoms with Gasteiger partial charge in [-0.1, -0.05) is 12.1 Å². The van der Waals surface area contributed by atoms with Crippen molar-refractivity contribution in [2.45, 2.75) is 25.1 Å². The zero-order valence-electron chi connectivity index (χ0n) is 10.2. The number of rotatable bonds is 4. The van der Waals surface area contributed by atoms with E-state index in [0.717, 1.165) is 10.9 Å². The van der Waals surface area contributed by atoms with Crippen molar-refractivity contribution in [3.05, 3.63) is 42.6 Å². The fourth-order valence-corrected chi connectivity index (χ4v) is 2.29. The molecule has 1 unspecified atom stereocenters.